The van der Waals surface area contributed by atoms with Crippen LogP contribution in [0.3, 0.4) is 0 Å². The molecule has 1 aromatic carbocycles. The van der Waals surface area contributed by atoms with Gasteiger partial charge in [0.15, 0.2) is 0 Å². The Morgan fingerprint density at radius 2 is 1.97 bits per heavy atom. The number of carbonyl (C=O) groups is 1. The summed E-state index contributed by atoms with van der Waals surface area (Å²) < 4.78 is 41.9. The maximum absolute atomic E-state index is 13.4. The molecular formula is C23H25ClF3N5O. The Kier molecular flexibility index (Phi) is 6.52. The molecule has 1 saturated carbocycles. The van der Waals surface area contributed by atoms with Gasteiger partial charge in [0.1, 0.15) is 11.4 Å². The number of nitrogens with zero attached hydrogens (tertiary/aromatic N) is 3. The summed E-state index contributed by atoms with van der Waals surface area (Å²) in [5, 5.41) is 11.6. The van der Waals surface area contributed by atoms with Crippen LogP contribution in [0, 0.1) is 6.92 Å². The van der Waals surface area contributed by atoms with Gasteiger partial charge in [0.05, 0.1) is 11.2 Å². The molecule has 1 aliphatic carbocycles. The van der Waals surface area contributed by atoms with Crippen molar-refractivity contribution in [3.63, 3.8) is 0 Å². The summed E-state index contributed by atoms with van der Waals surface area (Å²) in [6.07, 6.45) is -1.54. The smallest absolute Gasteiger partial charge is 0.382 e. The molecule has 0 aliphatic heterocycles. The highest BCUT2D eigenvalue weighted by molar-refractivity contribution is 6.31. The second-order valence-corrected chi connectivity index (χ2v) is 8.82. The van der Waals surface area contributed by atoms with Gasteiger partial charge in [-0.2, -0.15) is 18.3 Å². The third-order valence-corrected chi connectivity index (χ3v) is 6.10. The van der Waals surface area contributed by atoms with Crippen LogP contribution in [0.5, 0.6) is 0 Å². The molecule has 1 amide bonds. The number of hydrogen-bond donors (Lipinski definition) is 2. The molecule has 0 saturated heterocycles. The van der Waals surface area contributed by atoms with E-state index >= 15 is 0 Å². The van der Waals surface area contributed by atoms with Gasteiger partial charge in [-0.15, -0.1) is 0 Å². The number of benzene rings is 1. The van der Waals surface area contributed by atoms with Gasteiger partial charge in [0.25, 0.3) is 5.91 Å². The molecule has 176 valence electrons. The summed E-state index contributed by atoms with van der Waals surface area (Å²) in [7, 11) is 0. The van der Waals surface area contributed by atoms with Crippen LogP contribution < -0.4 is 10.6 Å². The number of alkyl halides is 3. The van der Waals surface area contributed by atoms with E-state index in [1.165, 1.54) is 12.1 Å². The van der Waals surface area contributed by atoms with Crippen molar-refractivity contribution in [1.29, 1.82) is 0 Å². The average Bonchev–Trinajstić information content (AvgIpc) is 3.14. The lowest BCUT2D eigenvalue weighted by Crippen LogP contribution is -2.42. The predicted octanol–water partition coefficient (Wildman–Crippen LogP) is 5.58. The van der Waals surface area contributed by atoms with Gasteiger partial charge in [-0.3, -0.25) is 9.48 Å². The maximum Gasteiger partial charge on any atom is 0.433 e. The van der Waals surface area contributed by atoms with Gasteiger partial charge in [-0.25, -0.2) is 4.98 Å². The van der Waals surface area contributed by atoms with Crippen molar-refractivity contribution in [2.45, 2.75) is 64.3 Å². The molecule has 0 radical (unpaired) electrons. The van der Waals surface area contributed by atoms with E-state index in [9.17, 15) is 18.0 Å². The van der Waals surface area contributed by atoms with E-state index in [-0.39, 0.29) is 23.5 Å². The Bertz CT molecular complexity index is 1180. The van der Waals surface area contributed by atoms with E-state index in [1.807, 2.05) is 13.8 Å². The molecule has 1 fully saturated rings. The topological polar surface area (TPSA) is 71.8 Å². The molecule has 33 heavy (non-hydrogen) atoms. The summed E-state index contributed by atoms with van der Waals surface area (Å²) in [5.74, 6) is -0.191. The number of fused-ring (bicyclic) bond motifs is 1. The van der Waals surface area contributed by atoms with Crippen LogP contribution in [-0.4, -0.2) is 32.8 Å². The molecule has 3 aromatic rings. The summed E-state index contributed by atoms with van der Waals surface area (Å²) in [4.78, 5) is 16.6. The molecule has 2 atom stereocenters. The summed E-state index contributed by atoms with van der Waals surface area (Å²) in [6, 6.07) is 7.21. The number of rotatable bonds is 5. The molecule has 0 unspecified atom stereocenters. The fourth-order valence-corrected chi connectivity index (χ4v) is 4.54. The molecule has 4 rings (SSSR count). The first-order chi connectivity index (χ1) is 15.6. The van der Waals surface area contributed by atoms with Gasteiger partial charge in [-0.05, 0) is 69.9 Å². The SMILES string of the molecule is CCn1nc(C)cc1C(=O)N[C@@H]1CCC[C@H](Nc2cc(C(F)(F)F)nc3ccc(Cl)cc23)C1. The number of amides is 1. The number of aryl methyl sites for hydroxylation is 2. The standard InChI is InChI=1S/C23H25ClF3N5O/c1-3-32-20(9-13(2)31-32)22(33)29-16-6-4-5-15(11-16)28-19-12-21(23(25,26)27)30-18-8-7-14(24)10-17(18)19/h7-10,12,15-16H,3-6,11H2,1-2H3,(H,28,30)(H,29,33)/t15-,16+/m0/s1. The fourth-order valence-electron chi connectivity index (χ4n) is 4.36. The summed E-state index contributed by atoms with van der Waals surface area (Å²) in [6.45, 7) is 4.35. The van der Waals surface area contributed by atoms with E-state index in [1.54, 1.807) is 16.8 Å². The summed E-state index contributed by atoms with van der Waals surface area (Å²) >= 11 is 6.10. The van der Waals surface area contributed by atoms with Crippen LogP contribution in [0.25, 0.3) is 10.9 Å². The van der Waals surface area contributed by atoms with Gasteiger partial charge in [0.2, 0.25) is 0 Å². The molecule has 10 heteroatoms. The Balaban J connectivity index is 1.53. The van der Waals surface area contributed by atoms with Crippen molar-refractivity contribution in [3.8, 4) is 0 Å². The fraction of sp³-hybridized carbons (Fsp3) is 0.435. The van der Waals surface area contributed by atoms with Crippen LogP contribution in [0.1, 0.15) is 54.5 Å². The Labute approximate surface area is 194 Å². The lowest BCUT2D eigenvalue weighted by molar-refractivity contribution is -0.140. The largest absolute Gasteiger partial charge is 0.433 e. The van der Waals surface area contributed by atoms with E-state index in [4.69, 9.17) is 11.6 Å². The van der Waals surface area contributed by atoms with Crippen LogP contribution in [-0.2, 0) is 12.7 Å². The van der Waals surface area contributed by atoms with E-state index in [2.05, 4.69) is 20.7 Å². The highest BCUT2D eigenvalue weighted by Gasteiger charge is 2.34. The zero-order valence-corrected chi connectivity index (χ0v) is 19.1. The minimum absolute atomic E-state index is 0.0944. The van der Waals surface area contributed by atoms with Crippen molar-refractivity contribution in [2.24, 2.45) is 0 Å². The zero-order valence-electron chi connectivity index (χ0n) is 18.3. The van der Waals surface area contributed by atoms with Crippen molar-refractivity contribution in [3.05, 3.63) is 52.4 Å². The average molecular weight is 480 g/mol. The first-order valence-corrected chi connectivity index (χ1v) is 11.3. The zero-order chi connectivity index (χ0) is 23.8. The lowest BCUT2D eigenvalue weighted by Gasteiger charge is -2.31. The van der Waals surface area contributed by atoms with Gasteiger partial charge >= 0.3 is 6.18 Å². The highest BCUT2D eigenvalue weighted by atomic mass is 35.5. The van der Waals surface area contributed by atoms with Crippen molar-refractivity contribution in [1.82, 2.24) is 20.1 Å². The van der Waals surface area contributed by atoms with Crippen molar-refractivity contribution >= 4 is 34.1 Å². The predicted molar refractivity (Wildman–Crippen MR) is 122 cm³/mol. The molecule has 2 aromatic heterocycles. The van der Waals surface area contributed by atoms with Crippen LogP contribution >= 0.6 is 11.6 Å². The van der Waals surface area contributed by atoms with Gasteiger partial charge in [0, 0.05) is 34.7 Å². The Morgan fingerprint density at radius 3 is 2.70 bits per heavy atom. The number of pyridine rings is 1. The number of anilines is 1. The second-order valence-electron chi connectivity index (χ2n) is 8.38. The lowest BCUT2D eigenvalue weighted by atomic mass is 9.90. The van der Waals surface area contributed by atoms with E-state index in [0.717, 1.165) is 31.0 Å². The highest BCUT2D eigenvalue weighted by Crippen LogP contribution is 2.35. The Morgan fingerprint density at radius 1 is 1.21 bits per heavy atom. The monoisotopic (exact) mass is 479 g/mol. The van der Waals surface area contributed by atoms with Gasteiger partial charge < -0.3 is 10.6 Å². The molecule has 1 aliphatic rings. The molecule has 0 spiro atoms. The van der Waals surface area contributed by atoms with Gasteiger partial charge in [-0.1, -0.05) is 11.6 Å². The molecule has 6 nitrogen and oxygen atoms in total. The molecule has 2 N–H and O–H groups in total. The third-order valence-electron chi connectivity index (χ3n) is 5.86. The molecule has 2 heterocycles. The minimum atomic E-state index is -4.56. The summed E-state index contributed by atoms with van der Waals surface area (Å²) in [5.41, 5.74) is 0.888. The molecule has 0 bridgehead atoms. The number of halogens is 4. The first kappa shape index (κ1) is 23.4. The number of carbonyl (C=O) groups excluding carboxylic acids is 1. The van der Waals surface area contributed by atoms with Crippen molar-refractivity contribution < 1.29 is 18.0 Å². The quantitative estimate of drug-likeness (QED) is 0.500. The van der Waals surface area contributed by atoms with Crippen LogP contribution in [0.2, 0.25) is 5.02 Å². The number of nitrogens with one attached hydrogen (secondary N) is 2. The second kappa shape index (κ2) is 9.21. The Hall–Kier alpha value is -2.81. The third kappa shape index (κ3) is 5.24. The van der Waals surface area contributed by atoms with E-state index in [0.29, 0.717) is 34.8 Å². The first-order valence-electron chi connectivity index (χ1n) is 10.9. The normalized spacial score (nSPS) is 19.0. The van der Waals surface area contributed by atoms with Crippen LogP contribution in [0.15, 0.2) is 30.3 Å². The minimum Gasteiger partial charge on any atom is -0.382 e. The molecular weight excluding hydrogens is 455 g/mol. The number of hydrogen-bond acceptors (Lipinski definition) is 4. The number of aromatic nitrogens is 3. The van der Waals surface area contributed by atoms with E-state index < -0.39 is 11.9 Å². The maximum atomic E-state index is 13.4. The van der Waals surface area contributed by atoms with Crippen LogP contribution in [0.4, 0.5) is 18.9 Å². The van der Waals surface area contributed by atoms with Crippen molar-refractivity contribution in [2.75, 3.05) is 5.32 Å².